The van der Waals surface area contributed by atoms with Crippen LogP contribution < -0.4 is 5.32 Å². The summed E-state index contributed by atoms with van der Waals surface area (Å²) in [5.41, 5.74) is 0.462. The lowest BCUT2D eigenvalue weighted by Crippen LogP contribution is -2.55. The van der Waals surface area contributed by atoms with Crippen molar-refractivity contribution in [3.05, 3.63) is 0 Å². The van der Waals surface area contributed by atoms with Crippen molar-refractivity contribution in [2.75, 3.05) is 26.2 Å². The van der Waals surface area contributed by atoms with Gasteiger partial charge in [0.25, 0.3) is 0 Å². The van der Waals surface area contributed by atoms with Crippen molar-refractivity contribution in [2.45, 2.75) is 26.2 Å². The van der Waals surface area contributed by atoms with Gasteiger partial charge in [0.05, 0.1) is 0 Å². The van der Waals surface area contributed by atoms with Gasteiger partial charge in [0.1, 0.15) is 0 Å². The van der Waals surface area contributed by atoms with Crippen LogP contribution in [0.15, 0.2) is 0 Å². The van der Waals surface area contributed by atoms with Crippen LogP contribution in [0.4, 0.5) is 0 Å². The lowest BCUT2D eigenvalue weighted by Gasteiger charge is -2.39. The van der Waals surface area contributed by atoms with Crippen molar-refractivity contribution in [3.8, 4) is 0 Å². The molecule has 0 unspecified atom stereocenters. The Morgan fingerprint density at radius 1 is 1.54 bits per heavy atom. The minimum atomic E-state index is 0.353. The van der Waals surface area contributed by atoms with E-state index in [0.717, 1.165) is 39.0 Å². The fourth-order valence-corrected chi connectivity index (χ4v) is 2.29. The Morgan fingerprint density at radius 2 is 2.31 bits per heavy atom. The third-order valence-electron chi connectivity index (χ3n) is 3.25. The molecule has 0 saturated carbocycles. The summed E-state index contributed by atoms with van der Waals surface area (Å²) in [5, 5.41) is 3.30. The highest BCUT2D eigenvalue weighted by Gasteiger charge is 2.43. The summed E-state index contributed by atoms with van der Waals surface area (Å²) in [6, 6.07) is 0. The first-order chi connectivity index (χ1) is 6.26. The Morgan fingerprint density at radius 3 is 2.77 bits per heavy atom. The predicted molar refractivity (Wildman–Crippen MR) is 51.4 cm³/mol. The van der Waals surface area contributed by atoms with Crippen LogP contribution in [0.1, 0.15) is 26.2 Å². The summed E-state index contributed by atoms with van der Waals surface area (Å²) >= 11 is 0. The predicted octanol–water partition coefficient (Wildman–Crippen LogP) is 0.608. The Bertz CT molecular complexity index is 211. The van der Waals surface area contributed by atoms with Crippen LogP contribution >= 0.6 is 0 Å². The molecule has 0 aromatic carbocycles. The van der Waals surface area contributed by atoms with Gasteiger partial charge < -0.3 is 10.2 Å². The molecule has 1 N–H and O–H groups in total. The zero-order valence-corrected chi connectivity index (χ0v) is 8.31. The number of nitrogens with zero attached hydrogens (tertiary/aromatic N) is 1. The normalized spacial score (nSPS) is 24.8. The van der Waals surface area contributed by atoms with Crippen molar-refractivity contribution in [1.29, 1.82) is 0 Å². The summed E-state index contributed by atoms with van der Waals surface area (Å²) in [5.74, 6) is 0.353. The molecule has 0 radical (unpaired) electrons. The average Bonchev–Trinajstić information content (AvgIpc) is 2.47. The van der Waals surface area contributed by atoms with E-state index < -0.39 is 0 Å². The van der Waals surface area contributed by atoms with Crippen LogP contribution in [-0.4, -0.2) is 37.0 Å². The topological polar surface area (TPSA) is 32.3 Å². The van der Waals surface area contributed by atoms with Gasteiger partial charge in [0.2, 0.25) is 5.91 Å². The Balaban J connectivity index is 1.87. The van der Waals surface area contributed by atoms with Crippen LogP contribution in [0.2, 0.25) is 0 Å². The first kappa shape index (κ1) is 9.00. The van der Waals surface area contributed by atoms with Gasteiger partial charge >= 0.3 is 0 Å². The SMILES string of the molecule is CCCC(=O)N1CCC2(CNC2)C1. The number of amides is 1. The molecule has 3 heteroatoms. The van der Waals surface area contributed by atoms with Crippen molar-refractivity contribution in [1.82, 2.24) is 10.2 Å². The first-order valence-electron chi connectivity index (χ1n) is 5.24. The fourth-order valence-electron chi connectivity index (χ4n) is 2.29. The Labute approximate surface area is 79.5 Å². The summed E-state index contributed by atoms with van der Waals surface area (Å²) in [7, 11) is 0. The van der Waals surface area contributed by atoms with Crippen LogP contribution in [0.25, 0.3) is 0 Å². The third kappa shape index (κ3) is 1.57. The first-order valence-corrected chi connectivity index (χ1v) is 5.24. The number of rotatable bonds is 2. The van der Waals surface area contributed by atoms with Crippen LogP contribution in [0.5, 0.6) is 0 Å². The second-order valence-corrected chi connectivity index (χ2v) is 4.42. The van der Waals surface area contributed by atoms with E-state index in [4.69, 9.17) is 0 Å². The maximum Gasteiger partial charge on any atom is 0.222 e. The highest BCUT2D eigenvalue weighted by Crippen LogP contribution is 2.34. The smallest absolute Gasteiger partial charge is 0.222 e. The molecule has 1 amide bonds. The van der Waals surface area contributed by atoms with Gasteiger partial charge in [0.15, 0.2) is 0 Å². The Kier molecular flexibility index (Phi) is 2.28. The highest BCUT2D eigenvalue weighted by atomic mass is 16.2. The van der Waals surface area contributed by atoms with E-state index in [2.05, 4.69) is 12.2 Å². The number of nitrogens with one attached hydrogen (secondary N) is 1. The summed E-state index contributed by atoms with van der Waals surface area (Å²) < 4.78 is 0. The summed E-state index contributed by atoms with van der Waals surface area (Å²) in [6.07, 6.45) is 2.90. The zero-order valence-electron chi connectivity index (χ0n) is 8.31. The number of hydrogen-bond donors (Lipinski definition) is 1. The van der Waals surface area contributed by atoms with E-state index in [-0.39, 0.29) is 0 Å². The van der Waals surface area contributed by atoms with E-state index in [9.17, 15) is 4.79 Å². The monoisotopic (exact) mass is 182 g/mol. The third-order valence-corrected chi connectivity index (χ3v) is 3.25. The van der Waals surface area contributed by atoms with Gasteiger partial charge in [-0.25, -0.2) is 0 Å². The largest absolute Gasteiger partial charge is 0.342 e. The molecule has 2 aliphatic heterocycles. The Hall–Kier alpha value is -0.570. The van der Waals surface area contributed by atoms with Crippen molar-refractivity contribution in [2.24, 2.45) is 5.41 Å². The fraction of sp³-hybridized carbons (Fsp3) is 0.900. The van der Waals surface area contributed by atoms with E-state index in [1.165, 1.54) is 6.42 Å². The van der Waals surface area contributed by atoms with Gasteiger partial charge in [-0.15, -0.1) is 0 Å². The molecule has 0 atom stereocenters. The molecule has 0 bridgehead atoms. The molecule has 3 nitrogen and oxygen atoms in total. The standard InChI is InChI=1S/C10H18N2O/c1-2-3-9(13)12-5-4-10(8-12)6-11-7-10/h11H,2-8H2,1H3. The van der Waals surface area contributed by atoms with Crippen molar-refractivity contribution < 1.29 is 4.79 Å². The lowest BCUT2D eigenvalue weighted by atomic mass is 9.81. The van der Waals surface area contributed by atoms with Gasteiger partial charge in [-0.05, 0) is 12.8 Å². The molecule has 2 fully saturated rings. The molecule has 0 aromatic heterocycles. The molecule has 1 spiro atoms. The molecule has 2 heterocycles. The van der Waals surface area contributed by atoms with Crippen LogP contribution in [-0.2, 0) is 4.79 Å². The van der Waals surface area contributed by atoms with E-state index >= 15 is 0 Å². The van der Waals surface area contributed by atoms with Crippen LogP contribution in [0.3, 0.4) is 0 Å². The number of carbonyl (C=O) groups is 1. The van der Waals surface area contributed by atoms with Gasteiger partial charge in [-0.3, -0.25) is 4.79 Å². The lowest BCUT2D eigenvalue weighted by molar-refractivity contribution is -0.130. The molecule has 74 valence electrons. The summed E-state index contributed by atoms with van der Waals surface area (Å²) in [6.45, 7) is 6.28. The maximum absolute atomic E-state index is 11.6. The minimum absolute atomic E-state index is 0.353. The molecule has 2 aliphatic rings. The zero-order chi connectivity index (χ0) is 9.31. The van der Waals surface area contributed by atoms with E-state index in [0.29, 0.717) is 11.3 Å². The molecular formula is C10H18N2O. The number of carbonyl (C=O) groups excluding carboxylic acids is 1. The molecule has 0 aliphatic carbocycles. The molecular weight excluding hydrogens is 164 g/mol. The quantitative estimate of drug-likeness (QED) is 0.678. The second kappa shape index (κ2) is 3.29. The highest BCUT2D eigenvalue weighted by molar-refractivity contribution is 5.76. The van der Waals surface area contributed by atoms with Gasteiger partial charge in [-0.1, -0.05) is 6.92 Å². The maximum atomic E-state index is 11.6. The number of likely N-dealkylation sites (tertiary alicyclic amines) is 1. The minimum Gasteiger partial charge on any atom is -0.342 e. The molecule has 0 aromatic rings. The van der Waals surface area contributed by atoms with E-state index in [1.54, 1.807) is 0 Å². The van der Waals surface area contributed by atoms with Gasteiger partial charge in [-0.2, -0.15) is 0 Å². The van der Waals surface area contributed by atoms with Gasteiger partial charge in [0, 0.05) is 38.0 Å². The van der Waals surface area contributed by atoms with Crippen LogP contribution in [0, 0.1) is 5.41 Å². The average molecular weight is 182 g/mol. The molecule has 13 heavy (non-hydrogen) atoms. The molecule has 2 saturated heterocycles. The van der Waals surface area contributed by atoms with E-state index in [1.807, 2.05) is 4.90 Å². The second-order valence-electron chi connectivity index (χ2n) is 4.42. The number of hydrogen-bond acceptors (Lipinski definition) is 2. The molecule has 2 rings (SSSR count). The summed E-state index contributed by atoms with van der Waals surface area (Å²) in [4.78, 5) is 13.6. The van der Waals surface area contributed by atoms with Crippen molar-refractivity contribution >= 4 is 5.91 Å². The van der Waals surface area contributed by atoms with Crippen molar-refractivity contribution in [3.63, 3.8) is 0 Å².